The topological polar surface area (TPSA) is 76.4 Å². The Labute approximate surface area is 135 Å². The van der Waals surface area contributed by atoms with Crippen LogP contribution in [-0.4, -0.2) is 25.1 Å². The Bertz CT molecular complexity index is 664. The number of carbonyl (C=O) groups excluding carboxylic acids is 1. The third-order valence-electron chi connectivity index (χ3n) is 3.91. The maximum atomic E-state index is 12.3. The van der Waals surface area contributed by atoms with Gasteiger partial charge >= 0.3 is 0 Å². The first kappa shape index (κ1) is 15.4. The van der Waals surface area contributed by atoms with Crippen LogP contribution < -0.4 is 21.1 Å². The smallest absolute Gasteiger partial charge is 0.255 e. The monoisotopic (exact) mass is 311 g/mol. The van der Waals surface area contributed by atoms with Gasteiger partial charge in [-0.1, -0.05) is 12.1 Å². The second kappa shape index (κ2) is 7.15. The van der Waals surface area contributed by atoms with Gasteiger partial charge in [-0.05, 0) is 62.3 Å². The number of amides is 1. The van der Waals surface area contributed by atoms with Crippen LogP contribution in [0.3, 0.4) is 0 Å². The van der Waals surface area contributed by atoms with Crippen LogP contribution in [0, 0.1) is 0 Å². The van der Waals surface area contributed by atoms with Gasteiger partial charge in [0.15, 0.2) is 0 Å². The van der Waals surface area contributed by atoms with E-state index in [1.165, 1.54) is 0 Å². The molecule has 1 aliphatic rings. The summed E-state index contributed by atoms with van der Waals surface area (Å²) in [5, 5.41) is 6.12. The Morgan fingerprint density at radius 1 is 1.09 bits per heavy atom. The SMILES string of the molecule is Nc1ccccc1NC(=O)c1ccc(OC2CCNCC2)cc1. The van der Waals surface area contributed by atoms with E-state index in [0.29, 0.717) is 16.9 Å². The second-order valence-corrected chi connectivity index (χ2v) is 5.63. The first-order chi connectivity index (χ1) is 11.2. The summed E-state index contributed by atoms with van der Waals surface area (Å²) in [6, 6.07) is 14.4. The molecule has 120 valence electrons. The van der Waals surface area contributed by atoms with Gasteiger partial charge in [-0.2, -0.15) is 0 Å². The molecule has 0 aliphatic carbocycles. The Morgan fingerprint density at radius 3 is 2.48 bits per heavy atom. The zero-order valence-electron chi connectivity index (χ0n) is 12.9. The van der Waals surface area contributed by atoms with E-state index in [4.69, 9.17) is 10.5 Å². The van der Waals surface area contributed by atoms with Gasteiger partial charge in [-0.15, -0.1) is 0 Å². The van der Waals surface area contributed by atoms with E-state index in [-0.39, 0.29) is 12.0 Å². The molecule has 1 aliphatic heterocycles. The highest BCUT2D eigenvalue weighted by molar-refractivity contribution is 6.05. The van der Waals surface area contributed by atoms with E-state index in [1.54, 1.807) is 24.3 Å². The van der Waals surface area contributed by atoms with Crippen molar-refractivity contribution < 1.29 is 9.53 Å². The number of carbonyl (C=O) groups is 1. The summed E-state index contributed by atoms with van der Waals surface area (Å²) in [5.41, 5.74) is 7.58. The molecule has 2 aromatic rings. The van der Waals surface area contributed by atoms with Gasteiger partial charge in [0.05, 0.1) is 11.4 Å². The maximum Gasteiger partial charge on any atom is 0.255 e. The van der Waals surface area contributed by atoms with Crippen molar-refractivity contribution in [2.24, 2.45) is 0 Å². The first-order valence-electron chi connectivity index (χ1n) is 7.85. The highest BCUT2D eigenvalue weighted by Gasteiger charge is 2.14. The van der Waals surface area contributed by atoms with Crippen molar-refractivity contribution in [2.45, 2.75) is 18.9 Å². The zero-order valence-corrected chi connectivity index (χ0v) is 12.9. The summed E-state index contributed by atoms with van der Waals surface area (Å²) in [6.45, 7) is 1.98. The predicted molar refractivity (Wildman–Crippen MR) is 91.8 cm³/mol. The van der Waals surface area contributed by atoms with E-state index >= 15 is 0 Å². The third-order valence-corrected chi connectivity index (χ3v) is 3.91. The van der Waals surface area contributed by atoms with E-state index in [0.717, 1.165) is 31.7 Å². The molecular formula is C18H21N3O2. The molecule has 0 saturated carbocycles. The van der Waals surface area contributed by atoms with Crippen LogP contribution in [0.1, 0.15) is 23.2 Å². The van der Waals surface area contributed by atoms with Crippen LogP contribution in [-0.2, 0) is 0 Å². The predicted octanol–water partition coefficient (Wildman–Crippen LogP) is 2.65. The molecule has 5 nitrogen and oxygen atoms in total. The van der Waals surface area contributed by atoms with Crippen molar-refractivity contribution in [3.8, 4) is 5.75 Å². The fraction of sp³-hybridized carbons (Fsp3) is 0.278. The molecule has 0 spiro atoms. The molecule has 0 unspecified atom stereocenters. The molecule has 1 fully saturated rings. The van der Waals surface area contributed by atoms with Crippen molar-refractivity contribution in [3.63, 3.8) is 0 Å². The Morgan fingerprint density at radius 2 is 1.78 bits per heavy atom. The molecular weight excluding hydrogens is 290 g/mol. The summed E-state index contributed by atoms with van der Waals surface area (Å²) >= 11 is 0. The molecule has 2 aromatic carbocycles. The average Bonchev–Trinajstić information content (AvgIpc) is 2.58. The number of nitrogen functional groups attached to an aromatic ring is 1. The van der Waals surface area contributed by atoms with Crippen LogP contribution in [0.2, 0.25) is 0 Å². The molecule has 5 heteroatoms. The fourth-order valence-electron chi connectivity index (χ4n) is 2.60. The van der Waals surface area contributed by atoms with Crippen LogP contribution in [0.25, 0.3) is 0 Å². The Hall–Kier alpha value is -2.53. The quantitative estimate of drug-likeness (QED) is 0.759. The molecule has 1 amide bonds. The fourth-order valence-corrected chi connectivity index (χ4v) is 2.60. The molecule has 0 radical (unpaired) electrons. The lowest BCUT2D eigenvalue weighted by Crippen LogP contribution is -2.34. The molecule has 0 aromatic heterocycles. The summed E-state index contributed by atoms with van der Waals surface area (Å²) in [6.07, 6.45) is 2.27. The number of nitrogens with one attached hydrogen (secondary N) is 2. The summed E-state index contributed by atoms with van der Waals surface area (Å²) in [7, 11) is 0. The van der Waals surface area contributed by atoms with Gasteiger partial charge in [0, 0.05) is 5.56 Å². The van der Waals surface area contributed by atoms with Crippen molar-refractivity contribution in [1.29, 1.82) is 0 Å². The van der Waals surface area contributed by atoms with Crippen molar-refractivity contribution in [2.75, 3.05) is 24.1 Å². The van der Waals surface area contributed by atoms with E-state index in [9.17, 15) is 4.79 Å². The Balaban J connectivity index is 1.62. The minimum absolute atomic E-state index is 0.184. The lowest BCUT2D eigenvalue weighted by atomic mass is 10.1. The van der Waals surface area contributed by atoms with Crippen LogP contribution in [0.15, 0.2) is 48.5 Å². The summed E-state index contributed by atoms with van der Waals surface area (Å²) in [4.78, 5) is 12.3. The van der Waals surface area contributed by atoms with E-state index in [2.05, 4.69) is 10.6 Å². The molecule has 4 N–H and O–H groups in total. The number of hydrogen-bond donors (Lipinski definition) is 3. The molecule has 0 bridgehead atoms. The Kier molecular flexibility index (Phi) is 4.78. The number of ether oxygens (including phenoxy) is 1. The van der Waals surface area contributed by atoms with Gasteiger partial charge in [-0.25, -0.2) is 0 Å². The molecule has 3 rings (SSSR count). The highest BCUT2D eigenvalue weighted by Crippen LogP contribution is 2.20. The maximum absolute atomic E-state index is 12.3. The number of rotatable bonds is 4. The van der Waals surface area contributed by atoms with Gasteiger partial charge < -0.3 is 21.1 Å². The summed E-state index contributed by atoms with van der Waals surface area (Å²) < 4.78 is 5.94. The van der Waals surface area contributed by atoms with Gasteiger partial charge in [0.2, 0.25) is 0 Å². The van der Waals surface area contributed by atoms with E-state index < -0.39 is 0 Å². The number of nitrogens with two attached hydrogens (primary N) is 1. The molecule has 1 heterocycles. The normalized spacial score (nSPS) is 15.1. The van der Waals surface area contributed by atoms with Crippen molar-refractivity contribution in [1.82, 2.24) is 5.32 Å². The zero-order chi connectivity index (χ0) is 16.1. The molecule has 0 atom stereocenters. The van der Waals surface area contributed by atoms with Crippen molar-refractivity contribution >= 4 is 17.3 Å². The number of benzene rings is 2. The lowest BCUT2D eigenvalue weighted by Gasteiger charge is -2.23. The van der Waals surface area contributed by atoms with Crippen LogP contribution >= 0.6 is 0 Å². The number of para-hydroxylation sites is 2. The molecule has 1 saturated heterocycles. The number of hydrogen-bond acceptors (Lipinski definition) is 4. The standard InChI is InChI=1S/C18H21N3O2/c19-16-3-1-2-4-17(16)21-18(22)13-5-7-14(8-6-13)23-15-9-11-20-12-10-15/h1-8,15,20H,9-12,19H2,(H,21,22). The lowest BCUT2D eigenvalue weighted by molar-refractivity contribution is 0.102. The van der Waals surface area contributed by atoms with E-state index in [1.807, 2.05) is 24.3 Å². The van der Waals surface area contributed by atoms with Crippen molar-refractivity contribution in [3.05, 3.63) is 54.1 Å². The van der Waals surface area contributed by atoms with Gasteiger partial charge in [0.1, 0.15) is 11.9 Å². The minimum atomic E-state index is -0.184. The second-order valence-electron chi connectivity index (χ2n) is 5.63. The summed E-state index contributed by atoms with van der Waals surface area (Å²) in [5.74, 6) is 0.615. The number of anilines is 2. The highest BCUT2D eigenvalue weighted by atomic mass is 16.5. The average molecular weight is 311 g/mol. The molecule has 23 heavy (non-hydrogen) atoms. The number of piperidine rings is 1. The largest absolute Gasteiger partial charge is 0.490 e. The first-order valence-corrected chi connectivity index (χ1v) is 7.85. The van der Waals surface area contributed by atoms with Gasteiger partial charge in [-0.3, -0.25) is 4.79 Å². The minimum Gasteiger partial charge on any atom is -0.490 e. The van der Waals surface area contributed by atoms with Crippen LogP contribution in [0.4, 0.5) is 11.4 Å². The van der Waals surface area contributed by atoms with Crippen LogP contribution in [0.5, 0.6) is 5.75 Å². The van der Waals surface area contributed by atoms with Gasteiger partial charge in [0.25, 0.3) is 5.91 Å². The third kappa shape index (κ3) is 4.02.